The molecule has 1 saturated heterocycles. The van der Waals surface area contributed by atoms with Crippen LogP contribution in [-0.2, 0) is 0 Å². The number of urea groups is 1. The van der Waals surface area contributed by atoms with Gasteiger partial charge in [-0.25, -0.2) is 4.79 Å². The van der Waals surface area contributed by atoms with Gasteiger partial charge in [-0.3, -0.25) is 0 Å². The minimum Gasteiger partial charge on any atom is -0.341 e. The van der Waals surface area contributed by atoms with Crippen LogP contribution < -0.4 is 10.6 Å². The molecule has 1 aliphatic rings. The molecule has 11 heavy (non-hydrogen) atoms. The van der Waals surface area contributed by atoms with Gasteiger partial charge in [0.15, 0.2) is 0 Å². The van der Waals surface area contributed by atoms with Gasteiger partial charge in [0.1, 0.15) is 0 Å². The van der Waals surface area contributed by atoms with Crippen LogP contribution in [0, 0.1) is 0 Å². The molecule has 0 aromatic carbocycles. The van der Waals surface area contributed by atoms with Crippen LogP contribution in [0.4, 0.5) is 4.79 Å². The number of nitrogens with one attached hydrogen (secondary N) is 2. The van der Waals surface area contributed by atoms with Crippen molar-refractivity contribution in [3.8, 4) is 0 Å². The van der Waals surface area contributed by atoms with Gasteiger partial charge in [0.25, 0.3) is 0 Å². The number of piperazine rings is 1. The van der Waals surface area contributed by atoms with Gasteiger partial charge in [0.2, 0.25) is 0 Å². The quantitative estimate of drug-likeness (QED) is 0.503. The summed E-state index contributed by atoms with van der Waals surface area (Å²) in [5.74, 6) is 0. The highest BCUT2D eigenvalue weighted by Gasteiger charge is 2.21. The molecule has 4 heteroatoms. The van der Waals surface area contributed by atoms with Crippen LogP contribution in [0.3, 0.4) is 0 Å². The SMILES string of the molecule is CNC(=O)N1CCNC[C@@H]1C. The molecular formula is C7H15N3O. The van der Waals surface area contributed by atoms with Crippen LogP contribution in [-0.4, -0.2) is 43.7 Å². The molecule has 64 valence electrons. The lowest BCUT2D eigenvalue weighted by Crippen LogP contribution is -2.54. The van der Waals surface area contributed by atoms with E-state index in [2.05, 4.69) is 10.6 Å². The van der Waals surface area contributed by atoms with Crippen LogP contribution in [0.15, 0.2) is 0 Å². The second-order valence-electron chi connectivity index (χ2n) is 2.80. The van der Waals surface area contributed by atoms with E-state index in [1.54, 1.807) is 7.05 Å². The second-order valence-corrected chi connectivity index (χ2v) is 2.80. The molecule has 0 aromatic rings. The molecule has 0 radical (unpaired) electrons. The number of amides is 2. The van der Waals surface area contributed by atoms with E-state index < -0.39 is 0 Å². The Kier molecular flexibility index (Phi) is 2.70. The maximum atomic E-state index is 11.2. The summed E-state index contributed by atoms with van der Waals surface area (Å²) in [5.41, 5.74) is 0. The molecule has 2 amide bonds. The van der Waals surface area contributed by atoms with E-state index in [-0.39, 0.29) is 6.03 Å². The van der Waals surface area contributed by atoms with Crippen molar-refractivity contribution in [3.05, 3.63) is 0 Å². The molecule has 0 unspecified atom stereocenters. The van der Waals surface area contributed by atoms with E-state index in [4.69, 9.17) is 0 Å². The van der Waals surface area contributed by atoms with Crippen molar-refractivity contribution < 1.29 is 4.79 Å². The zero-order valence-electron chi connectivity index (χ0n) is 7.05. The Labute approximate surface area is 66.9 Å². The first-order valence-corrected chi connectivity index (χ1v) is 3.94. The number of rotatable bonds is 0. The first kappa shape index (κ1) is 8.33. The predicted octanol–water partition coefficient (Wildman–Crippen LogP) is -0.380. The molecule has 1 rings (SSSR count). The number of hydrogen-bond donors (Lipinski definition) is 2. The normalized spacial score (nSPS) is 24.9. The number of carbonyl (C=O) groups excluding carboxylic acids is 1. The Morgan fingerprint density at radius 3 is 3.00 bits per heavy atom. The topological polar surface area (TPSA) is 44.4 Å². The average Bonchev–Trinajstić information content (AvgIpc) is 2.04. The van der Waals surface area contributed by atoms with Gasteiger partial charge in [0.05, 0.1) is 0 Å². The van der Waals surface area contributed by atoms with E-state index in [0.29, 0.717) is 6.04 Å². The van der Waals surface area contributed by atoms with E-state index in [0.717, 1.165) is 19.6 Å². The maximum Gasteiger partial charge on any atom is 0.317 e. The Bertz CT molecular complexity index is 149. The van der Waals surface area contributed by atoms with Crippen LogP contribution in [0.2, 0.25) is 0 Å². The second kappa shape index (κ2) is 3.57. The Morgan fingerprint density at radius 1 is 1.73 bits per heavy atom. The van der Waals surface area contributed by atoms with Crippen LogP contribution in [0.5, 0.6) is 0 Å². The number of carbonyl (C=O) groups is 1. The first-order chi connectivity index (χ1) is 5.25. The largest absolute Gasteiger partial charge is 0.341 e. The molecule has 1 atom stereocenters. The molecule has 0 aromatic heterocycles. The Morgan fingerprint density at radius 2 is 2.45 bits per heavy atom. The zero-order chi connectivity index (χ0) is 8.27. The van der Waals surface area contributed by atoms with Crippen LogP contribution >= 0.6 is 0 Å². The van der Waals surface area contributed by atoms with E-state index in [1.165, 1.54) is 0 Å². The lowest BCUT2D eigenvalue weighted by atomic mass is 10.2. The van der Waals surface area contributed by atoms with Crippen LogP contribution in [0.25, 0.3) is 0 Å². The van der Waals surface area contributed by atoms with Crippen molar-refractivity contribution in [2.45, 2.75) is 13.0 Å². The molecule has 4 nitrogen and oxygen atoms in total. The summed E-state index contributed by atoms with van der Waals surface area (Å²) in [4.78, 5) is 13.0. The molecule has 0 aliphatic carbocycles. The van der Waals surface area contributed by atoms with Gasteiger partial charge in [-0.05, 0) is 6.92 Å². The molecular weight excluding hydrogens is 142 g/mol. The summed E-state index contributed by atoms with van der Waals surface area (Å²) in [6.07, 6.45) is 0. The minimum atomic E-state index is 0.0269. The van der Waals surface area contributed by atoms with E-state index in [9.17, 15) is 4.79 Å². The standard InChI is InChI=1S/C7H15N3O/c1-6-5-9-3-4-10(6)7(11)8-2/h6,9H,3-5H2,1-2H3,(H,8,11)/t6-/m0/s1. The smallest absolute Gasteiger partial charge is 0.317 e. The highest BCUT2D eigenvalue weighted by molar-refractivity contribution is 5.74. The van der Waals surface area contributed by atoms with Crippen molar-refractivity contribution in [1.29, 1.82) is 0 Å². The monoisotopic (exact) mass is 157 g/mol. The fraction of sp³-hybridized carbons (Fsp3) is 0.857. The first-order valence-electron chi connectivity index (χ1n) is 3.94. The number of nitrogens with zero attached hydrogens (tertiary/aromatic N) is 1. The molecule has 0 spiro atoms. The Balaban J connectivity index is 2.47. The zero-order valence-corrected chi connectivity index (χ0v) is 7.05. The lowest BCUT2D eigenvalue weighted by Gasteiger charge is -2.33. The fourth-order valence-corrected chi connectivity index (χ4v) is 1.29. The number of hydrogen-bond acceptors (Lipinski definition) is 2. The highest BCUT2D eigenvalue weighted by Crippen LogP contribution is 2.01. The third kappa shape index (κ3) is 1.83. The summed E-state index contributed by atoms with van der Waals surface area (Å²) in [6, 6.07) is 0.336. The van der Waals surface area contributed by atoms with Gasteiger partial charge < -0.3 is 15.5 Å². The maximum absolute atomic E-state index is 11.2. The van der Waals surface area contributed by atoms with Gasteiger partial charge in [-0.1, -0.05) is 0 Å². The third-order valence-corrected chi connectivity index (χ3v) is 1.98. The molecule has 1 heterocycles. The van der Waals surface area contributed by atoms with Crippen molar-refractivity contribution in [1.82, 2.24) is 15.5 Å². The van der Waals surface area contributed by atoms with Gasteiger partial charge in [-0.15, -0.1) is 0 Å². The summed E-state index contributed by atoms with van der Waals surface area (Å²) < 4.78 is 0. The van der Waals surface area contributed by atoms with Crippen molar-refractivity contribution >= 4 is 6.03 Å². The average molecular weight is 157 g/mol. The summed E-state index contributed by atoms with van der Waals surface area (Å²) >= 11 is 0. The summed E-state index contributed by atoms with van der Waals surface area (Å²) in [6.45, 7) is 4.65. The van der Waals surface area contributed by atoms with Crippen molar-refractivity contribution in [2.75, 3.05) is 26.7 Å². The third-order valence-electron chi connectivity index (χ3n) is 1.98. The van der Waals surface area contributed by atoms with Gasteiger partial charge in [0, 0.05) is 32.7 Å². The molecule has 0 saturated carbocycles. The predicted molar refractivity (Wildman–Crippen MR) is 43.5 cm³/mol. The van der Waals surface area contributed by atoms with Gasteiger partial charge in [-0.2, -0.15) is 0 Å². The molecule has 0 bridgehead atoms. The van der Waals surface area contributed by atoms with E-state index in [1.807, 2.05) is 11.8 Å². The van der Waals surface area contributed by atoms with Crippen LogP contribution in [0.1, 0.15) is 6.92 Å². The lowest BCUT2D eigenvalue weighted by molar-refractivity contribution is 0.166. The highest BCUT2D eigenvalue weighted by atomic mass is 16.2. The fourth-order valence-electron chi connectivity index (χ4n) is 1.29. The van der Waals surface area contributed by atoms with E-state index >= 15 is 0 Å². The Hall–Kier alpha value is -0.770. The van der Waals surface area contributed by atoms with Crippen molar-refractivity contribution in [3.63, 3.8) is 0 Å². The molecule has 1 aliphatic heterocycles. The minimum absolute atomic E-state index is 0.0269. The van der Waals surface area contributed by atoms with Gasteiger partial charge >= 0.3 is 6.03 Å². The molecule has 1 fully saturated rings. The van der Waals surface area contributed by atoms with Crippen molar-refractivity contribution in [2.24, 2.45) is 0 Å². The summed E-state index contributed by atoms with van der Waals surface area (Å²) in [5, 5.41) is 5.85. The summed E-state index contributed by atoms with van der Waals surface area (Å²) in [7, 11) is 1.66. The molecule has 2 N–H and O–H groups in total.